The Morgan fingerprint density at radius 3 is 2.42 bits per heavy atom. The molecule has 0 aliphatic rings. The summed E-state index contributed by atoms with van der Waals surface area (Å²) in [6, 6.07) is 29.6. The third-order valence-corrected chi connectivity index (χ3v) is 7.73. The van der Waals surface area contributed by atoms with Gasteiger partial charge in [-0.05, 0) is 64.6 Å². The number of hydrogen-bond donors (Lipinski definition) is 0. The molecule has 0 radical (unpaired) electrons. The Balaban J connectivity index is 1.66. The maximum Gasteiger partial charge on any atom is 0.224 e. The van der Waals surface area contributed by atoms with Gasteiger partial charge in [-0.1, -0.05) is 75.4 Å². The van der Waals surface area contributed by atoms with Gasteiger partial charge in [0.2, 0.25) is 5.52 Å². The molecule has 4 aromatic carbocycles. The summed E-state index contributed by atoms with van der Waals surface area (Å²) in [6.07, 6.45) is 3.29. The van der Waals surface area contributed by atoms with Gasteiger partial charge in [-0.3, -0.25) is 0 Å². The molecule has 0 amide bonds. The molecule has 7 aromatic rings. The third-order valence-electron chi connectivity index (χ3n) is 7.73. The van der Waals surface area contributed by atoms with E-state index >= 15 is 0 Å². The minimum atomic E-state index is 0.259. The summed E-state index contributed by atoms with van der Waals surface area (Å²) in [5, 5.41) is 6.61. The second kappa shape index (κ2) is 7.30. The summed E-state index contributed by atoms with van der Waals surface area (Å²) in [5.41, 5.74) is 10.7. The molecule has 0 spiro atoms. The summed E-state index contributed by atoms with van der Waals surface area (Å²) in [4.78, 5) is 0. The van der Waals surface area contributed by atoms with Gasteiger partial charge in [0.25, 0.3) is 0 Å². The highest BCUT2D eigenvalue weighted by molar-refractivity contribution is 6.26. The molecule has 2 nitrogen and oxygen atoms in total. The van der Waals surface area contributed by atoms with Crippen LogP contribution in [0.2, 0.25) is 0 Å². The van der Waals surface area contributed by atoms with E-state index < -0.39 is 0 Å². The van der Waals surface area contributed by atoms with Gasteiger partial charge >= 0.3 is 0 Å². The van der Waals surface area contributed by atoms with E-state index in [1.54, 1.807) is 0 Å². The zero-order valence-electron chi connectivity index (χ0n) is 21.7. The second-order valence-corrected chi connectivity index (χ2v) is 11.7. The van der Waals surface area contributed by atoms with E-state index in [0.717, 1.165) is 6.42 Å². The summed E-state index contributed by atoms with van der Waals surface area (Å²) >= 11 is 0. The molecule has 36 heavy (non-hydrogen) atoms. The molecule has 0 unspecified atom stereocenters. The average Bonchev–Trinajstić information content (AvgIpc) is 3.18. The number of para-hydroxylation sites is 1. The Labute approximate surface area is 211 Å². The number of fused-ring (bicyclic) bond motifs is 5. The van der Waals surface area contributed by atoms with Crippen LogP contribution in [0.4, 0.5) is 0 Å². The molecule has 0 aliphatic carbocycles. The van der Waals surface area contributed by atoms with Crippen LogP contribution in [0.5, 0.6) is 0 Å². The number of rotatable bonds is 2. The summed E-state index contributed by atoms with van der Waals surface area (Å²) in [6.45, 7) is 9.17. The Bertz CT molecular complexity index is 1960. The zero-order chi connectivity index (χ0) is 24.8. The molecule has 0 N–H and O–H groups in total. The molecule has 2 heteroatoms. The molecular formula is C34H31N2+. The molecular weight excluding hydrogens is 436 g/mol. The molecule has 0 atom stereocenters. The largest absolute Gasteiger partial charge is 0.307 e. The Kier molecular flexibility index (Phi) is 4.34. The van der Waals surface area contributed by atoms with E-state index in [2.05, 4.69) is 129 Å². The van der Waals surface area contributed by atoms with E-state index in [9.17, 15) is 0 Å². The third kappa shape index (κ3) is 3.00. The Morgan fingerprint density at radius 1 is 0.750 bits per heavy atom. The molecule has 0 bridgehead atoms. The monoisotopic (exact) mass is 467 g/mol. The van der Waals surface area contributed by atoms with Gasteiger partial charge in [0.15, 0.2) is 6.20 Å². The van der Waals surface area contributed by atoms with Crippen molar-refractivity contribution in [1.29, 1.82) is 0 Å². The van der Waals surface area contributed by atoms with E-state index in [-0.39, 0.29) is 5.41 Å². The van der Waals surface area contributed by atoms with E-state index in [1.165, 1.54) is 71.3 Å². The van der Waals surface area contributed by atoms with Crippen molar-refractivity contribution < 1.29 is 4.57 Å². The molecule has 0 saturated carbocycles. The van der Waals surface area contributed by atoms with E-state index in [1.807, 2.05) is 0 Å². The number of nitrogens with zero attached hydrogens (tertiary/aromatic N) is 2. The lowest BCUT2D eigenvalue weighted by Crippen LogP contribution is -2.28. The first-order valence-electron chi connectivity index (χ1n) is 12.9. The SMILES string of the molecule is Cc1ccc2c3ccccc3n3c4cc(-c5cccc(CC(C)(C)C)c5)cc5cc[n+](C)c(c1c23)c54. The van der Waals surface area contributed by atoms with Gasteiger partial charge in [0.05, 0.1) is 27.3 Å². The van der Waals surface area contributed by atoms with Crippen LogP contribution in [0.3, 0.4) is 0 Å². The fraction of sp³-hybridized carbons (Fsp3) is 0.206. The van der Waals surface area contributed by atoms with E-state index in [4.69, 9.17) is 0 Å². The molecule has 0 saturated heterocycles. The van der Waals surface area contributed by atoms with Crippen molar-refractivity contribution in [3.63, 3.8) is 0 Å². The van der Waals surface area contributed by atoms with Gasteiger partial charge in [-0.2, -0.15) is 0 Å². The summed E-state index contributed by atoms with van der Waals surface area (Å²) in [7, 11) is 2.18. The summed E-state index contributed by atoms with van der Waals surface area (Å²) < 4.78 is 4.82. The van der Waals surface area contributed by atoms with Crippen LogP contribution in [-0.4, -0.2) is 4.40 Å². The van der Waals surface area contributed by atoms with Crippen LogP contribution in [0, 0.1) is 12.3 Å². The first-order valence-corrected chi connectivity index (χ1v) is 12.9. The van der Waals surface area contributed by atoms with Crippen molar-refractivity contribution in [2.75, 3.05) is 0 Å². The van der Waals surface area contributed by atoms with Crippen LogP contribution in [0.25, 0.3) is 60.1 Å². The van der Waals surface area contributed by atoms with Crippen molar-refractivity contribution in [2.45, 2.75) is 34.1 Å². The Morgan fingerprint density at radius 2 is 1.58 bits per heavy atom. The van der Waals surface area contributed by atoms with Crippen LogP contribution in [0.15, 0.2) is 85.1 Å². The standard InChI is InChI=1S/C34H31N2/c1-21-13-14-27-26-11-6-7-12-28(26)36-29-19-25(23-10-8-9-22(17-23)20-34(2,3)4)18-24-15-16-35(5)33(31(24)29)30(21)32(27)36/h6-19H,20H2,1-5H3/q+1. The average molecular weight is 468 g/mol. The molecule has 176 valence electrons. The number of aromatic nitrogens is 2. The van der Waals surface area contributed by atoms with Crippen LogP contribution in [-0.2, 0) is 13.5 Å². The number of hydrogen-bond acceptors (Lipinski definition) is 0. The normalized spacial score (nSPS) is 12.7. The number of aryl methyl sites for hydroxylation is 2. The van der Waals surface area contributed by atoms with Crippen molar-refractivity contribution in [3.05, 3.63) is 96.2 Å². The number of benzene rings is 4. The highest BCUT2D eigenvalue weighted by Gasteiger charge is 2.24. The summed E-state index contributed by atoms with van der Waals surface area (Å²) in [5.74, 6) is 0. The first-order chi connectivity index (χ1) is 17.3. The van der Waals surface area contributed by atoms with Crippen molar-refractivity contribution >= 4 is 49.0 Å². The van der Waals surface area contributed by atoms with Gasteiger partial charge < -0.3 is 4.40 Å². The minimum Gasteiger partial charge on any atom is -0.307 e. The molecule has 0 fully saturated rings. The topological polar surface area (TPSA) is 8.29 Å². The minimum absolute atomic E-state index is 0.259. The molecule has 0 aliphatic heterocycles. The lowest BCUT2D eigenvalue weighted by atomic mass is 9.87. The van der Waals surface area contributed by atoms with Gasteiger partial charge in [0.1, 0.15) is 7.05 Å². The van der Waals surface area contributed by atoms with E-state index in [0.29, 0.717) is 0 Å². The zero-order valence-corrected chi connectivity index (χ0v) is 21.7. The van der Waals surface area contributed by atoms with Gasteiger partial charge in [-0.25, -0.2) is 4.57 Å². The predicted molar refractivity (Wildman–Crippen MR) is 153 cm³/mol. The Hall–Kier alpha value is -3.91. The van der Waals surface area contributed by atoms with Crippen LogP contribution >= 0.6 is 0 Å². The van der Waals surface area contributed by atoms with Crippen molar-refractivity contribution in [2.24, 2.45) is 12.5 Å². The maximum atomic E-state index is 2.52. The highest BCUT2D eigenvalue weighted by atomic mass is 15.0. The quantitative estimate of drug-likeness (QED) is 0.137. The first kappa shape index (κ1) is 21.4. The van der Waals surface area contributed by atoms with Crippen molar-refractivity contribution in [3.8, 4) is 11.1 Å². The fourth-order valence-electron chi connectivity index (χ4n) is 6.31. The van der Waals surface area contributed by atoms with Crippen LogP contribution in [0.1, 0.15) is 31.9 Å². The fourth-order valence-corrected chi connectivity index (χ4v) is 6.31. The van der Waals surface area contributed by atoms with Gasteiger partial charge in [-0.15, -0.1) is 0 Å². The van der Waals surface area contributed by atoms with Crippen molar-refractivity contribution in [1.82, 2.24) is 4.40 Å². The predicted octanol–water partition coefficient (Wildman–Crippen LogP) is 8.38. The molecule has 3 heterocycles. The smallest absolute Gasteiger partial charge is 0.224 e. The molecule has 3 aromatic heterocycles. The van der Waals surface area contributed by atoms with Gasteiger partial charge in [0, 0.05) is 16.8 Å². The lowest BCUT2D eigenvalue weighted by molar-refractivity contribution is -0.643. The number of pyridine rings is 2. The second-order valence-electron chi connectivity index (χ2n) is 11.7. The van der Waals surface area contributed by atoms with Crippen LogP contribution < -0.4 is 4.57 Å². The maximum absolute atomic E-state index is 2.52. The lowest BCUT2D eigenvalue weighted by Gasteiger charge is -2.19. The highest BCUT2D eigenvalue weighted by Crippen LogP contribution is 2.42. The molecule has 7 rings (SSSR count).